The second kappa shape index (κ2) is 23.3. The van der Waals surface area contributed by atoms with Gasteiger partial charge in [0.2, 0.25) is 11.8 Å². The van der Waals surface area contributed by atoms with Gasteiger partial charge in [0.1, 0.15) is 30.4 Å². The standard InChI is InChI=1S/C31H57N3O12/c1-21(37)9-13-31(12-4-16-35,34-29(42)23-5-7-24(44-3)8-6-23)14-10-26(40)32-15-18-45-19-20-46-30(43)27(33-22(2)38)28(41)25(39)11-17-36/h16,23-28,30,32,36,39-41,43H,4-15,17-20H2,1-3H3,(H,33,38)(H,34,42). The van der Waals surface area contributed by atoms with Crippen LogP contribution in [0.2, 0.25) is 0 Å². The quantitative estimate of drug-likeness (QED) is 0.0317. The van der Waals surface area contributed by atoms with E-state index in [1.54, 1.807) is 7.11 Å². The summed E-state index contributed by atoms with van der Waals surface area (Å²) >= 11 is 0. The van der Waals surface area contributed by atoms with Gasteiger partial charge in [-0.05, 0) is 64.7 Å². The van der Waals surface area contributed by atoms with Crippen molar-refractivity contribution in [2.75, 3.05) is 40.1 Å². The average molecular weight is 664 g/mol. The monoisotopic (exact) mass is 663 g/mol. The summed E-state index contributed by atoms with van der Waals surface area (Å²) < 4.78 is 16.1. The van der Waals surface area contributed by atoms with Crippen LogP contribution in [0.1, 0.15) is 84.5 Å². The summed E-state index contributed by atoms with van der Waals surface area (Å²) in [6, 6.07) is -1.33. The molecule has 1 aliphatic rings. The number of ketones is 1. The van der Waals surface area contributed by atoms with Crippen molar-refractivity contribution < 1.29 is 58.9 Å². The zero-order valence-electron chi connectivity index (χ0n) is 27.5. The molecule has 0 spiro atoms. The number of nitrogens with one attached hydrogen (secondary N) is 3. The Bertz CT molecular complexity index is 889. The van der Waals surface area contributed by atoms with Crippen molar-refractivity contribution in [1.82, 2.24) is 16.0 Å². The van der Waals surface area contributed by atoms with Gasteiger partial charge in [-0.15, -0.1) is 0 Å². The van der Waals surface area contributed by atoms with Gasteiger partial charge in [0.05, 0.1) is 32.0 Å². The second-order valence-electron chi connectivity index (χ2n) is 12.1. The van der Waals surface area contributed by atoms with Gasteiger partial charge < -0.3 is 60.0 Å². The van der Waals surface area contributed by atoms with Gasteiger partial charge in [0.15, 0.2) is 6.29 Å². The lowest BCUT2D eigenvalue weighted by Gasteiger charge is -2.38. The highest BCUT2D eigenvalue weighted by molar-refractivity contribution is 5.80. The lowest BCUT2D eigenvalue weighted by Crippen LogP contribution is -2.55. The predicted molar refractivity (Wildman–Crippen MR) is 166 cm³/mol. The first-order chi connectivity index (χ1) is 21.9. The minimum atomic E-state index is -1.65. The number of carbonyl (C=O) groups is 4. The molecule has 0 saturated heterocycles. The van der Waals surface area contributed by atoms with E-state index in [1.165, 1.54) is 13.8 Å². The zero-order chi connectivity index (χ0) is 34.5. The Morgan fingerprint density at radius 1 is 0.957 bits per heavy atom. The number of methoxy groups -OCH3 is 1. The maximum atomic E-state index is 13.3. The summed E-state index contributed by atoms with van der Waals surface area (Å²) in [5, 5.41) is 58.4. The summed E-state index contributed by atoms with van der Waals surface area (Å²) in [5.41, 5.74) is -0.823. The Labute approximate surface area is 271 Å². The van der Waals surface area contributed by atoms with Crippen LogP contribution in [-0.2, 0) is 33.4 Å². The number of hydrogen-bond acceptors (Lipinski definition) is 13. The Morgan fingerprint density at radius 2 is 1.65 bits per heavy atom. The average Bonchev–Trinajstić information content (AvgIpc) is 3.03. The van der Waals surface area contributed by atoms with Crippen molar-refractivity contribution in [2.45, 2.75) is 127 Å². The number of hydrogen-bond donors (Lipinski definition) is 8. The highest BCUT2D eigenvalue weighted by atomic mass is 16.6. The topological polar surface area (TPSA) is 233 Å². The van der Waals surface area contributed by atoms with E-state index in [2.05, 4.69) is 16.0 Å². The summed E-state index contributed by atoms with van der Waals surface area (Å²) in [6.07, 6.45) is -0.0915. The van der Waals surface area contributed by atoms with E-state index in [0.29, 0.717) is 32.1 Å². The molecule has 6 unspecified atom stereocenters. The summed E-state index contributed by atoms with van der Waals surface area (Å²) in [4.78, 5) is 47.9. The molecule has 15 nitrogen and oxygen atoms in total. The molecule has 0 aromatic heterocycles. The zero-order valence-corrected chi connectivity index (χ0v) is 27.5. The first-order valence-electron chi connectivity index (χ1n) is 16.2. The molecule has 46 heavy (non-hydrogen) atoms. The fourth-order valence-corrected chi connectivity index (χ4v) is 5.59. The molecule has 8 N–H and O–H groups in total. The van der Waals surface area contributed by atoms with Gasteiger partial charge in [-0.25, -0.2) is 0 Å². The molecule has 1 rings (SSSR count). The van der Waals surface area contributed by atoms with Crippen LogP contribution in [0, 0.1) is 5.92 Å². The van der Waals surface area contributed by atoms with Crippen molar-refractivity contribution in [3.8, 4) is 0 Å². The highest BCUT2D eigenvalue weighted by Crippen LogP contribution is 2.30. The molecule has 15 heteroatoms. The minimum absolute atomic E-state index is 0.0289. The summed E-state index contributed by atoms with van der Waals surface area (Å²) in [5.74, 6) is -0.870. The number of aliphatic hydroxyl groups excluding tert-OH is 5. The van der Waals surface area contributed by atoms with Crippen LogP contribution in [0.5, 0.6) is 0 Å². The predicted octanol–water partition coefficient (Wildman–Crippen LogP) is -0.956. The Kier molecular flexibility index (Phi) is 21.2. The summed E-state index contributed by atoms with van der Waals surface area (Å²) in [7, 11) is 1.67. The van der Waals surface area contributed by atoms with Gasteiger partial charge in [-0.1, -0.05) is 0 Å². The molecule has 1 fully saturated rings. The van der Waals surface area contributed by atoms with Crippen LogP contribution in [0.4, 0.5) is 0 Å². The SMILES string of the molecule is COC1CCC(C(=O)NC(CCC=O)(CCC(C)=O)CCC(O)NCCOCCOC(O)C(NC(C)=O)C(O)C(O)CCO)CC1. The first-order valence-corrected chi connectivity index (χ1v) is 16.2. The van der Waals surface area contributed by atoms with Crippen molar-refractivity contribution in [3.63, 3.8) is 0 Å². The molecule has 268 valence electrons. The number of amides is 2. The van der Waals surface area contributed by atoms with Gasteiger partial charge in [0.25, 0.3) is 0 Å². The van der Waals surface area contributed by atoms with E-state index in [4.69, 9.17) is 19.3 Å². The van der Waals surface area contributed by atoms with Gasteiger partial charge in [-0.3, -0.25) is 14.9 Å². The molecule has 1 saturated carbocycles. The molecule has 2 amide bonds. The van der Waals surface area contributed by atoms with Crippen molar-refractivity contribution in [1.29, 1.82) is 0 Å². The van der Waals surface area contributed by atoms with E-state index >= 15 is 0 Å². The number of rotatable bonds is 26. The van der Waals surface area contributed by atoms with Crippen molar-refractivity contribution >= 4 is 23.9 Å². The molecule has 0 radical (unpaired) electrons. The third-order valence-electron chi connectivity index (χ3n) is 8.37. The number of ether oxygens (including phenoxy) is 3. The van der Waals surface area contributed by atoms with E-state index in [-0.39, 0.29) is 75.8 Å². The molecule has 1 aliphatic carbocycles. The third-order valence-corrected chi connectivity index (χ3v) is 8.37. The molecule has 6 atom stereocenters. The van der Waals surface area contributed by atoms with E-state index in [9.17, 15) is 39.6 Å². The minimum Gasteiger partial charge on any atom is -0.396 e. The van der Waals surface area contributed by atoms with Crippen LogP contribution >= 0.6 is 0 Å². The smallest absolute Gasteiger partial charge is 0.223 e. The number of aldehydes is 1. The van der Waals surface area contributed by atoms with E-state index < -0.39 is 48.8 Å². The molecular formula is C31H57N3O12. The van der Waals surface area contributed by atoms with Gasteiger partial charge >= 0.3 is 0 Å². The Hall–Kier alpha value is -2.08. The number of aliphatic hydroxyl groups is 5. The van der Waals surface area contributed by atoms with Crippen molar-refractivity contribution in [3.05, 3.63) is 0 Å². The van der Waals surface area contributed by atoms with Crippen LogP contribution < -0.4 is 16.0 Å². The Balaban J connectivity index is 2.57. The lowest BCUT2D eigenvalue weighted by molar-refractivity contribution is -0.165. The molecule has 0 aromatic carbocycles. The molecular weight excluding hydrogens is 606 g/mol. The third kappa shape index (κ3) is 16.7. The van der Waals surface area contributed by atoms with E-state index in [0.717, 1.165) is 19.1 Å². The molecule has 0 aromatic rings. The fraction of sp³-hybridized carbons (Fsp3) is 0.871. The normalized spacial score (nSPS) is 21.3. The number of Topliss-reactive ketones (excluding diaryl/α,β-unsaturated/α-hetero) is 1. The lowest BCUT2D eigenvalue weighted by atomic mass is 9.81. The maximum Gasteiger partial charge on any atom is 0.223 e. The molecule has 0 heterocycles. The van der Waals surface area contributed by atoms with Crippen LogP contribution in [0.15, 0.2) is 0 Å². The van der Waals surface area contributed by atoms with Gasteiger partial charge in [0, 0.05) is 51.5 Å². The maximum absolute atomic E-state index is 13.3. The van der Waals surface area contributed by atoms with E-state index in [1.807, 2.05) is 0 Å². The molecule has 0 bridgehead atoms. The highest BCUT2D eigenvalue weighted by Gasteiger charge is 2.36. The first kappa shape index (κ1) is 41.9. The number of carbonyl (C=O) groups excluding carboxylic acids is 4. The van der Waals surface area contributed by atoms with Crippen LogP contribution in [-0.4, -0.2) is 132 Å². The van der Waals surface area contributed by atoms with Crippen LogP contribution in [0.3, 0.4) is 0 Å². The fourth-order valence-electron chi connectivity index (χ4n) is 5.59. The van der Waals surface area contributed by atoms with Crippen LogP contribution in [0.25, 0.3) is 0 Å². The molecule has 0 aliphatic heterocycles. The second-order valence-corrected chi connectivity index (χ2v) is 12.1. The van der Waals surface area contributed by atoms with Crippen molar-refractivity contribution in [2.24, 2.45) is 5.92 Å². The largest absolute Gasteiger partial charge is 0.396 e. The summed E-state index contributed by atoms with van der Waals surface area (Å²) in [6.45, 7) is 2.62. The van der Waals surface area contributed by atoms with Gasteiger partial charge in [-0.2, -0.15) is 0 Å². The Morgan fingerprint density at radius 3 is 2.24 bits per heavy atom.